The van der Waals surface area contributed by atoms with Crippen molar-refractivity contribution in [3.8, 4) is 47.4 Å². The number of thiophene rings is 1. The largest absolute Gasteiger partial charge is 0.135 e. The van der Waals surface area contributed by atoms with Crippen molar-refractivity contribution in [2.45, 2.75) is 6.92 Å². The summed E-state index contributed by atoms with van der Waals surface area (Å²) in [4.78, 5) is 1.01. The zero-order valence-corrected chi connectivity index (χ0v) is 8.46. The molecule has 0 aliphatic carbocycles. The van der Waals surface area contributed by atoms with Crippen LogP contribution >= 0.6 is 11.3 Å². The summed E-state index contributed by atoms with van der Waals surface area (Å²) in [7, 11) is 0. The van der Waals surface area contributed by atoms with E-state index in [0.717, 1.165) is 4.88 Å². The molecule has 1 aromatic rings. The van der Waals surface area contributed by atoms with E-state index >= 15 is 0 Å². The zero-order valence-electron chi connectivity index (χ0n) is 7.64. The molecule has 0 unspecified atom stereocenters. The van der Waals surface area contributed by atoms with Crippen molar-refractivity contribution >= 4 is 11.3 Å². The second-order valence-corrected chi connectivity index (χ2v) is 3.05. The first kappa shape index (κ1) is 10.0. The van der Waals surface area contributed by atoms with Gasteiger partial charge in [-0.1, -0.05) is 12.0 Å². The molecule has 1 rings (SSSR count). The molecule has 0 saturated heterocycles. The van der Waals surface area contributed by atoms with Crippen LogP contribution in [0.15, 0.2) is 17.5 Å². The van der Waals surface area contributed by atoms with Gasteiger partial charge in [-0.25, -0.2) is 0 Å². The minimum atomic E-state index is 1.01. The summed E-state index contributed by atoms with van der Waals surface area (Å²) in [6, 6.07) is 3.91. The lowest BCUT2D eigenvalue weighted by atomic mass is 10.4. The lowest BCUT2D eigenvalue weighted by Crippen LogP contribution is -1.58. The first-order valence-electron chi connectivity index (χ1n) is 3.90. The maximum atomic E-state index is 2.91. The highest BCUT2D eigenvalue weighted by atomic mass is 32.1. The van der Waals surface area contributed by atoms with Crippen molar-refractivity contribution in [1.82, 2.24) is 0 Å². The van der Waals surface area contributed by atoms with E-state index < -0.39 is 0 Å². The molecule has 1 aromatic heterocycles. The minimum absolute atomic E-state index is 1.01. The van der Waals surface area contributed by atoms with Gasteiger partial charge in [0, 0.05) is 0 Å². The molecular weight excluding hydrogens is 188 g/mol. The Bertz CT molecular complexity index is 517. The van der Waals surface area contributed by atoms with Gasteiger partial charge < -0.3 is 0 Å². The molecule has 0 saturated carbocycles. The van der Waals surface area contributed by atoms with Gasteiger partial charge in [0.2, 0.25) is 0 Å². The van der Waals surface area contributed by atoms with Crippen LogP contribution in [0.2, 0.25) is 0 Å². The molecule has 0 radical (unpaired) electrons. The van der Waals surface area contributed by atoms with Crippen molar-refractivity contribution in [1.29, 1.82) is 0 Å². The van der Waals surface area contributed by atoms with Crippen molar-refractivity contribution < 1.29 is 0 Å². The van der Waals surface area contributed by atoms with E-state index in [1.807, 2.05) is 17.5 Å². The van der Waals surface area contributed by atoms with Gasteiger partial charge in [-0.3, -0.25) is 0 Å². The molecule has 0 spiro atoms. The molecule has 0 fully saturated rings. The van der Waals surface area contributed by atoms with Crippen molar-refractivity contribution in [3.05, 3.63) is 22.4 Å². The predicted molar refractivity (Wildman–Crippen MR) is 60.2 cm³/mol. The van der Waals surface area contributed by atoms with Crippen LogP contribution in [0, 0.1) is 47.4 Å². The van der Waals surface area contributed by atoms with Gasteiger partial charge in [-0.15, -0.1) is 11.3 Å². The molecule has 0 amide bonds. The van der Waals surface area contributed by atoms with Gasteiger partial charge in [-0.2, -0.15) is 0 Å². The Morgan fingerprint density at radius 2 is 1.71 bits per heavy atom. The minimum Gasteiger partial charge on any atom is -0.135 e. The average molecular weight is 194 g/mol. The molecule has 0 aliphatic heterocycles. The molecular formula is C13H6S. The second-order valence-electron chi connectivity index (χ2n) is 2.10. The highest BCUT2D eigenvalue weighted by Crippen LogP contribution is 2.04. The highest BCUT2D eigenvalue weighted by molar-refractivity contribution is 7.10. The Balaban J connectivity index is 2.55. The lowest BCUT2D eigenvalue weighted by Gasteiger charge is -1.69. The summed E-state index contributed by atoms with van der Waals surface area (Å²) in [6.45, 7) is 1.73. The van der Waals surface area contributed by atoms with Crippen molar-refractivity contribution in [2.24, 2.45) is 0 Å². The van der Waals surface area contributed by atoms with E-state index in [4.69, 9.17) is 0 Å². The Labute approximate surface area is 88.4 Å². The van der Waals surface area contributed by atoms with Crippen LogP contribution in [0.3, 0.4) is 0 Å². The summed E-state index contributed by atoms with van der Waals surface area (Å²) in [5.41, 5.74) is 0. The van der Waals surface area contributed by atoms with Crippen LogP contribution in [0.4, 0.5) is 0 Å². The molecule has 64 valence electrons. The van der Waals surface area contributed by atoms with E-state index in [1.54, 1.807) is 18.3 Å². The summed E-state index contributed by atoms with van der Waals surface area (Å²) in [5, 5.41) is 1.98. The van der Waals surface area contributed by atoms with Crippen LogP contribution in [0.1, 0.15) is 11.8 Å². The summed E-state index contributed by atoms with van der Waals surface area (Å²) < 4.78 is 0. The molecule has 1 heterocycles. The standard InChI is InChI=1S/C13H6S/c1-2-3-4-5-6-7-8-10-13-11-9-12-14-13/h9,11-12H,1H3. The van der Waals surface area contributed by atoms with E-state index in [9.17, 15) is 0 Å². The molecule has 0 bridgehead atoms. The van der Waals surface area contributed by atoms with Crippen LogP contribution < -0.4 is 0 Å². The molecule has 0 aromatic carbocycles. The summed E-state index contributed by atoms with van der Waals surface area (Å²) in [6.07, 6.45) is 0. The van der Waals surface area contributed by atoms with Gasteiger partial charge in [-0.05, 0) is 59.8 Å². The highest BCUT2D eigenvalue weighted by Gasteiger charge is 1.81. The maximum absolute atomic E-state index is 2.91. The third-order valence-corrected chi connectivity index (χ3v) is 1.93. The fraction of sp³-hybridized carbons (Fsp3) is 0.0769. The van der Waals surface area contributed by atoms with Crippen LogP contribution in [0.5, 0.6) is 0 Å². The molecule has 14 heavy (non-hydrogen) atoms. The third-order valence-electron chi connectivity index (χ3n) is 1.14. The summed E-state index contributed by atoms with van der Waals surface area (Å²) >= 11 is 1.60. The maximum Gasteiger partial charge on any atom is 0.0778 e. The van der Waals surface area contributed by atoms with E-state index in [1.165, 1.54) is 0 Å². The fourth-order valence-electron chi connectivity index (χ4n) is 0.630. The van der Waals surface area contributed by atoms with Gasteiger partial charge in [0.1, 0.15) is 0 Å². The molecule has 0 nitrogen and oxygen atoms in total. The van der Waals surface area contributed by atoms with E-state index in [-0.39, 0.29) is 0 Å². The normalized spacial score (nSPS) is 6.07. The smallest absolute Gasteiger partial charge is 0.0778 e. The van der Waals surface area contributed by atoms with E-state index in [2.05, 4.69) is 47.4 Å². The van der Waals surface area contributed by atoms with Gasteiger partial charge in [0.25, 0.3) is 0 Å². The zero-order chi connectivity index (χ0) is 10.1. The molecule has 0 aliphatic rings. The summed E-state index contributed by atoms with van der Waals surface area (Å²) in [5.74, 6) is 21.3. The average Bonchev–Trinajstić information content (AvgIpc) is 2.69. The van der Waals surface area contributed by atoms with Gasteiger partial charge in [0.05, 0.1) is 4.88 Å². The Kier molecular flexibility index (Phi) is 4.62. The number of hydrogen-bond donors (Lipinski definition) is 0. The Hall–Kier alpha value is -2.06. The van der Waals surface area contributed by atoms with Crippen LogP contribution in [-0.4, -0.2) is 0 Å². The first-order chi connectivity index (χ1) is 6.93. The SMILES string of the molecule is CC#CC#CC#CC#Cc1cccs1. The monoisotopic (exact) mass is 194 g/mol. The Morgan fingerprint density at radius 1 is 1.00 bits per heavy atom. The fourth-order valence-corrected chi connectivity index (χ4v) is 1.20. The third kappa shape index (κ3) is 4.09. The van der Waals surface area contributed by atoms with Crippen molar-refractivity contribution in [2.75, 3.05) is 0 Å². The van der Waals surface area contributed by atoms with E-state index in [0.29, 0.717) is 0 Å². The quantitative estimate of drug-likeness (QED) is 0.555. The number of hydrogen-bond acceptors (Lipinski definition) is 1. The second kappa shape index (κ2) is 6.46. The molecule has 1 heteroatoms. The van der Waals surface area contributed by atoms with Gasteiger partial charge in [0.15, 0.2) is 0 Å². The Morgan fingerprint density at radius 3 is 2.36 bits per heavy atom. The first-order valence-corrected chi connectivity index (χ1v) is 4.77. The molecule has 0 N–H and O–H groups in total. The van der Waals surface area contributed by atoms with Crippen molar-refractivity contribution in [3.63, 3.8) is 0 Å². The lowest BCUT2D eigenvalue weighted by molar-refractivity contribution is 1.92. The van der Waals surface area contributed by atoms with Gasteiger partial charge >= 0.3 is 0 Å². The van der Waals surface area contributed by atoms with Crippen LogP contribution in [0.25, 0.3) is 0 Å². The predicted octanol–water partition coefficient (Wildman–Crippen LogP) is 2.13. The topological polar surface area (TPSA) is 0 Å². The van der Waals surface area contributed by atoms with Crippen LogP contribution in [-0.2, 0) is 0 Å². The number of rotatable bonds is 0. The molecule has 0 atom stereocenters.